The fraction of sp³-hybridized carbons (Fsp3) is 0.933. The summed E-state index contributed by atoms with van der Waals surface area (Å²) >= 11 is 0. The van der Waals surface area contributed by atoms with Gasteiger partial charge in [0.2, 0.25) is 0 Å². The molecular formula is C15H31N3O2. The normalized spacial score (nSPS) is 19.6. The second-order valence-electron chi connectivity index (χ2n) is 6.86. The van der Waals surface area contributed by atoms with Gasteiger partial charge in [-0.25, -0.2) is 4.79 Å². The Bertz CT molecular complexity index is 296. The van der Waals surface area contributed by atoms with Gasteiger partial charge in [0, 0.05) is 25.2 Å². The van der Waals surface area contributed by atoms with Crippen LogP contribution in [-0.4, -0.2) is 54.9 Å². The van der Waals surface area contributed by atoms with Crippen molar-refractivity contribution in [1.29, 1.82) is 0 Å². The maximum atomic E-state index is 11.6. The first kappa shape index (κ1) is 17.2. The Labute approximate surface area is 123 Å². The molecule has 0 aromatic heterocycles. The number of carbonyl (C=O) groups is 1. The van der Waals surface area contributed by atoms with E-state index in [0.29, 0.717) is 12.6 Å². The average molecular weight is 285 g/mol. The molecule has 0 bridgehead atoms. The van der Waals surface area contributed by atoms with Gasteiger partial charge in [-0.3, -0.25) is 0 Å². The Hall–Kier alpha value is -0.810. The van der Waals surface area contributed by atoms with Crippen molar-refractivity contribution in [2.75, 3.05) is 26.2 Å². The van der Waals surface area contributed by atoms with Crippen molar-refractivity contribution in [2.45, 2.75) is 65.1 Å². The minimum absolute atomic E-state index is 0.236. The summed E-state index contributed by atoms with van der Waals surface area (Å²) in [4.78, 5) is 14.0. The SMILES string of the molecule is CC(CNC(=O)OC(C)(C)C)NC(C)CN1CCCC1. The Morgan fingerprint density at radius 3 is 2.35 bits per heavy atom. The van der Waals surface area contributed by atoms with E-state index >= 15 is 0 Å². The number of amides is 1. The van der Waals surface area contributed by atoms with Crippen LogP contribution < -0.4 is 10.6 Å². The van der Waals surface area contributed by atoms with Crippen molar-refractivity contribution in [3.63, 3.8) is 0 Å². The monoisotopic (exact) mass is 285 g/mol. The van der Waals surface area contributed by atoms with Crippen LogP contribution in [0.1, 0.15) is 47.5 Å². The van der Waals surface area contributed by atoms with Crippen molar-refractivity contribution in [2.24, 2.45) is 0 Å². The molecule has 1 saturated heterocycles. The fourth-order valence-electron chi connectivity index (χ4n) is 2.50. The molecule has 0 radical (unpaired) electrons. The van der Waals surface area contributed by atoms with Gasteiger partial charge in [-0.1, -0.05) is 0 Å². The summed E-state index contributed by atoms with van der Waals surface area (Å²) in [5, 5.41) is 6.31. The van der Waals surface area contributed by atoms with Crippen LogP contribution in [0.3, 0.4) is 0 Å². The molecule has 5 heteroatoms. The van der Waals surface area contributed by atoms with Crippen LogP contribution in [0.2, 0.25) is 0 Å². The topological polar surface area (TPSA) is 53.6 Å². The van der Waals surface area contributed by atoms with Crippen LogP contribution in [0, 0.1) is 0 Å². The van der Waals surface area contributed by atoms with E-state index in [2.05, 4.69) is 29.4 Å². The van der Waals surface area contributed by atoms with Crippen molar-refractivity contribution in [3.05, 3.63) is 0 Å². The molecule has 1 amide bonds. The predicted molar refractivity (Wildman–Crippen MR) is 82.0 cm³/mol. The second kappa shape index (κ2) is 7.84. The van der Waals surface area contributed by atoms with Gasteiger partial charge in [-0.2, -0.15) is 0 Å². The zero-order valence-electron chi connectivity index (χ0n) is 13.7. The molecule has 0 aromatic carbocycles. The molecule has 0 aliphatic carbocycles. The molecule has 1 aliphatic rings. The maximum absolute atomic E-state index is 11.6. The summed E-state index contributed by atoms with van der Waals surface area (Å²) in [5.74, 6) is 0. The van der Waals surface area contributed by atoms with Crippen molar-refractivity contribution >= 4 is 6.09 Å². The molecule has 0 spiro atoms. The van der Waals surface area contributed by atoms with Gasteiger partial charge in [0.05, 0.1) is 0 Å². The van der Waals surface area contributed by atoms with E-state index in [1.54, 1.807) is 0 Å². The number of carbonyl (C=O) groups excluding carboxylic acids is 1. The van der Waals surface area contributed by atoms with Crippen LogP contribution in [0.25, 0.3) is 0 Å². The van der Waals surface area contributed by atoms with Crippen LogP contribution >= 0.6 is 0 Å². The maximum Gasteiger partial charge on any atom is 0.407 e. The van der Waals surface area contributed by atoms with E-state index < -0.39 is 5.60 Å². The molecule has 118 valence electrons. The highest BCUT2D eigenvalue weighted by Gasteiger charge is 2.18. The number of ether oxygens (including phenoxy) is 1. The van der Waals surface area contributed by atoms with E-state index in [9.17, 15) is 4.79 Å². The first-order valence-corrected chi connectivity index (χ1v) is 7.71. The molecule has 2 unspecified atom stereocenters. The lowest BCUT2D eigenvalue weighted by Gasteiger charge is -2.25. The predicted octanol–water partition coefficient (Wildman–Crippen LogP) is 1.97. The molecule has 2 atom stereocenters. The van der Waals surface area contributed by atoms with Crippen molar-refractivity contribution in [3.8, 4) is 0 Å². The van der Waals surface area contributed by atoms with Crippen LogP contribution in [0.5, 0.6) is 0 Å². The lowest BCUT2D eigenvalue weighted by atomic mass is 10.2. The molecule has 1 heterocycles. The summed E-state index contributed by atoms with van der Waals surface area (Å²) in [6, 6.07) is 0.670. The van der Waals surface area contributed by atoms with E-state index in [1.165, 1.54) is 25.9 Å². The smallest absolute Gasteiger partial charge is 0.407 e. The van der Waals surface area contributed by atoms with Gasteiger partial charge in [0.15, 0.2) is 0 Å². The Morgan fingerprint density at radius 1 is 1.20 bits per heavy atom. The zero-order valence-corrected chi connectivity index (χ0v) is 13.7. The highest BCUT2D eigenvalue weighted by molar-refractivity contribution is 5.67. The molecule has 0 saturated carbocycles. The number of hydrogen-bond acceptors (Lipinski definition) is 4. The number of alkyl carbamates (subject to hydrolysis) is 1. The standard InChI is InChI=1S/C15H31N3O2/c1-12(10-16-14(19)20-15(3,4)5)17-13(2)11-18-8-6-7-9-18/h12-13,17H,6-11H2,1-5H3,(H,16,19). The third-order valence-electron chi connectivity index (χ3n) is 3.25. The van der Waals surface area contributed by atoms with Crippen LogP contribution in [0.4, 0.5) is 4.79 Å². The first-order chi connectivity index (χ1) is 9.26. The molecule has 5 nitrogen and oxygen atoms in total. The summed E-state index contributed by atoms with van der Waals surface area (Å²) < 4.78 is 5.21. The molecule has 0 aromatic rings. The van der Waals surface area contributed by atoms with Gasteiger partial charge in [-0.05, 0) is 60.5 Å². The van der Waals surface area contributed by atoms with Crippen LogP contribution in [-0.2, 0) is 4.74 Å². The van der Waals surface area contributed by atoms with Crippen molar-refractivity contribution in [1.82, 2.24) is 15.5 Å². The quantitative estimate of drug-likeness (QED) is 0.783. The highest BCUT2D eigenvalue weighted by Crippen LogP contribution is 2.08. The zero-order chi connectivity index (χ0) is 15.2. The van der Waals surface area contributed by atoms with E-state index in [-0.39, 0.29) is 12.1 Å². The first-order valence-electron chi connectivity index (χ1n) is 7.71. The number of hydrogen-bond donors (Lipinski definition) is 2. The number of nitrogens with one attached hydrogen (secondary N) is 2. The number of nitrogens with zero attached hydrogens (tertiary/aromatic N) is 1. The third kappa shape index (κ3) is 7.70. The highest BCUT2D eigenvalue weighted by atomic mass is 16.6. The number of rotatable bonds is 6. The summed E-state index contributed by atoms with van der Waals surface area (Å²) in [7, 11) is 0. The minimum atomic E-state index is -0.441. The molecule has 1 fully saturated rings. The molecular weight excluding hydrogens is 254 g/mol. The molecule has 1 rings (SSSR count). The summed E-state index contributed by atoms with van der Waals surface area (Å²) in [6.45, 7) is 14.0. The van der Waals surface area contributed by atoms with Crippen LogP contribution in [0.15, 0.2) is 0 Å². The van der Waals surface area contributed by atoms with Gasteiger partial charge in [0.25, 0.3) is 0 Å². The molecule has 1 aliphatic heterocycles. The summed E-state index contributed by atoms with van der Waals surface area (Å²) in [5.41, 5.74) is -0.441. The lowest BCUT2D eigenvalue weighted by Crippen LogP contribution is -2.47. The third-order valence-corrected chi connectivity index (χ3v) is 3.25. The minimum Gasteiger partial charge on any atom is -0.444 e. The summed E-state index contributed by atoms with van der Waals surface area (Å²) in [6.07, 6.45) is 2.30. The molecule has 2 N–H and O–H groups in total. The van der Waals surface area contributed by atoms with Crippen molar-refractivity contribution < 1.29 is 9.53 Å². The average Bonchev–Trinajstić information content (AvgIpc) is 2.76. The Morgan fingerprint density at radius 2 is 1.80 bits per heavy atom. The fourth-order valence-corrected chi connectivity index (χ4v) is 2.50. The Balaban J connectivity index is 2.15. The van der Waals surface area contributed by atoms with E-state index in [0.717, 1.165) is 6.54 Å². The largest absolute Gasteiger partial charge is 0.444 e. The van der Waals surface area contributed by atoms with Gasteiger partial charge < -0.3 is 20.3 Å². The number of likely N-dealkylation sites (tertiary alicyclic amines) is 1. The van der Waals surface area contributed by atoms with Gasteiger partial charge in [-0.15, -0.1) is 0 Å². The van der Waals surface area contributed by atoms with Gasteiger partial charge >= 0.3 is 6.09 Å². The second-order valence-corrected chi connectivity index (χ2v) is 6.86. The van der Waals surface area contributed by atoms with E-state index in [1.807, 2.05) is 20.8 Å². The Kier molecular flexibility index (Phi) is 6.76. The lowest BCUT2D eigenvalue weighted by molar-refractivity contribution is 0.0522. The molecule has 20 heavy (non-hydrogen) atoms. The van der Waals surface area contributed by atoms with Gasteiger partial charge in [0.1, 0.15) is 5.60 Å². The van der Waals surface area contributed by atoms with E-state index in [4.69, 9.17) is 4.74 Å².